The second kappa shape index (κ2) is 10.9. The monoisotopic (exact) mass is 466 g/mol. The molecule has 0 bridgehead atoms. The average molecular weight is 467 g/mol. The van der Waals surface area contributed by atoms with Crippen molar-refractivity contribution in [2.24, 2.45) is 0 Å². The van der Waals surface area contributed by atoms with Gasteiger partial charge < -0.3 is 24.8 Å². The number of nitrogens with one attached hydrogen (secondary N) is 2. The quantitative estimate of drug-likeness (QED) is 0.415. The number of carbonyl (C=O) groups excluding carboxylic acids is 3. The zero-order valence-corrected chi connectivity index (χ0v) is 20.2. The van der Waals surface area contributed by atoms with Crippen molar-refractivity contribution in [3.05, 3.63) is 58.2 Å². The van der Waals surface area contributed by atoms with Gasteiger partial charge in [-0.3, -0.25) is 9.59 Å². The number of fused-ring (bicyclic) bond motifs is 1. The molecule has 180 valence electrons. The molecule has 1 heterocycles. The van der Waals surface area contributed by atoms with Crippen LogP contribution >= 0.6 is 0 Å². The van der Waals surface area contributed by atoms with Gasteiger partial charge in [-0.1, -0.05) is 11.6 Å². The van der Waals surface area contributed by atoms with E-state index in [1.807, 2.05) is 19.9 Å². The van der Waals surface area contributed by atoms with Gasteiger partial charge in [-0.25, -0.2) is 4.79 Å². The van der Waals surface area contributed by atoms with Gasteiger partial charge in [-0.05, 0) is 56.5 Å². The van der Waals surface area contributed by atoms with Crippen LogP contribution in [0.1, 0.15) is 53.7 Å². The molecule has 3 rings (SSSR count). The van der Waals surface area contributed by atoms with Crippen LogP contribution < -0.4 is 20.1 Å². The van der Waals surface area contributed by atoms with Crippen LogP contribution in [0.3, 0.4) is 0 Å². The fourth-order valence-electron chi connectivity index (χ4n) is 3.99. The first-order valence-electron chi connectivity index (χ1n) is 11.0. The molecule has 1 aliphatic rings. The van der Waals surface area contributed by atoms with Gasteiger partial charge in [0.25, 0.3) is 0 Å². The highest BCUT2D eigenvalue weighted by Crippen LogP contribution is 2.42. The summed E-state index contributed by atoms with van der Waals surface area (Å²) in [5.74, 6) is 0.514. The van der Waals surface area contributed by atoms with Crippen LogP contribution in [0, 0.1) is 6.92 Å². The molecule has 0 spiro atoms. The van der Waals surface area contributed by atoms with E-state index in [0.29, 0.717) is 47.7 Å². The number of anilines is 2. The molecule has 1 aliphatic heterocycles. The molecular weight excluding hydrogens is 436 g/mol. The highest BCUT2D eigenvalue weighted by molar-refractivity contribution is 5.98. The van der Waals surface area contributed by atoms with Crippen molar-refractivity contribution in [2.45, 2.75) is 46.6 Å². The molecule has 0 aromatic heterocycles. The number of cyclic esters (lactones) is 1. The highest BCUT2D eigenvalue weighted by Gasteiger charge is 2.32. The molecular formula is C26H30N2O6. The number of allylic oxidation sites excluding steroid dienone is 2. The van der Waals surface area contributed by atoms with Gasteiger partial charge in [0.1, 0.15) is 23.7 Å². The summed E-state index contributed by atoms with van der Waals surface area (Å²) in [6.07, 6.45) is 3.40. The third-order valence-corrected chi connectivity index (χ3v) is 5.72. The summed E-state index contributed by atoms with van der Waals surface area (Å²) >= 11 is 0. The highest BCUT2D eigenvalue weighted by atomic mass is 16.5. The molecule has 34 heavy (non-hydrogen) atoms. The van der Waals surface area contributed by atoms with Gasteiger partial charge in [0.15, 0.2) is 0 Å². The Morgan fingerprint density at radius 2 is 1.62 bits per heavy atom. The summed E-state index contributed by atoms with van der Waals surface area (Å²) in [6, 6.07) is 6.95. The van der Waals surface area contributed by atoms with Crippen molar-refractivity contribution in [3.63, 3.8) is 0 Å². The van der Waals surface area contributed by atoms with E-state index in [1.54, 1.807) is 31.4 Å². The van der Waals surface area contributed by atoms with Crippen LogP contribution in [0.25, 0.3) is 0 Å². The van der Waals surface area contributed by atoms with E-state index < -0.39 is 0 Å². The van der Waals surface area contributed by atoms with E-state index in [9.17, 15) is 14.4 Å². The average Bonchev–Trinajstić information content (AvgIpc) is 3.19. The molecule has 2 amide bonds. The van der Waals surface area contributed by atoms with Gasteiger partial charge >= 0.3 is 5.97 Å². The molecule has 0 aliphatic carbocycles. The predicted octanol–water partition coefficient (Wildman–Crippen LogP) is 4.55. The molecule has 2 aromatic rings. The zero-order chi connectivity index (χ0) is 24.8. The molecule has 2 aromatic carbocycles. The summed E-state index contributed by atoms with van der Waals surface area (Å²) in [6.45, 7) is 5.53. The van der Waals surface area contributed by atoms with Crippen LogP contribution in [0.2, 0.25) is 0 Å². The van der Waals surface area contributed by atoms with E-state index in [4.69, 9.17) is 14.2 Å². The Hall–Kier alpha value is -3.81. The second-order valence-electron chi connectivity index (χ2n) is 8.16. The normalized spacial score (nSPS) is 12.6. The van der Waals surface area contributed by atoms with E-state index in [1.165, 1.54) is 14.0 Å². The number of ether oxygens (including phenoxy) is 3. The van der Waals surface area contributed by atoms with Crippen LogP contribution in [0.4, 0.5) is 11.4 Å². The van der Waals surface area contributed by atoms with E-state index in [0.717, 1.165) is 22.3 Å². The molecule has 0 unspecified atom stereocenters. The summed E-state index contributed by atoms with van der Waals surface area (Å²) in [7, 11) is 3.13. The second-order valence-corrected chi connectivity index (χ2v) is 8.16. The Balaban J connectivity index is 1.65. The SMILES string of the molecule is COc1c(C)c2c(c(OC)c1CC=C(C)CCC(=O)Nc1ccc(NC(C)=O)cc1)C(=O)OC2. The lowest BCUT2D eigenvalue weighted by molar-refractivity contribution is -0.116. The maximum Gasteiger partial charge on any atom is 0.342 e. The fourth-order valence-corrected chi connectivity index (χ4v) is 3.99. The summed E-state index contributed by atoms with van der Waals surface area (Å²) in [5.41, 5.74) is 5.27. The van der Waals surface area contributed by atoms with Crippen LogP contribution in [0.15, 0.2) is 35.9 Å². The van der Waals surface area contributed by atoms with Crippen molar-refractivity contribution in [2.75, 3.05) is 24.9 Å². The van der Waals surface area contributed by atoms with Crippen LogP contribution in [0.5, 0.6) is 11.5 Å². The first-order chi connectivity index (χ1) is 16.2. The number of hydrogen-bond donors (Lipinski definition) is 2. The predicted molar refractivity (Wildman–Crippen MR) is 129 cm³/mol. The number of methoxy groups -OCH3 is 2. The molecule has 0 saturated heterocycles. The Bertz CT molecular complexity index is 1140. The molecule has 0 fully saturated rings. The molecule has 0 saturated carbocycles. The first-order valence-corrected chi connectivity index (χ1v) is 11.0. The van der Waals surface area contributed by atoms with Gasteiger partial charge in [0.2, 0.25) is 11.8 Å². The molecule has 0 radical (unpaired) electrons. The maximum absolute atomic E-state index is 12.4. The number of rotatable bonds is 9. The molecule has 8 nitrogen and oxygen atoms in total. The number of hydrogen-bond acceptors (Lipinski definition) is 6. The van der Waals surface area contributed by atoms with Gasteiger partial charge in [-0.15, -0.1) is 0 Å². The number of esters is 1. The van der Waals surface area contributed by atoms with Gasteiger partial charge in [0, 0.05) is 35.8 Å². The Labute approximate surface area is 199 Å². The van der Waals surface area contributed by atoms with Crippen molar-refractivity contribution in [3.8, 4) is 11.5 Å². The topological polar surface area (TPSA) is 103 Å². The lowest BCUT2D eigenvalue weighted by Gasteiger charge is -2.18. The maximum atomic E-state index is 12.4. The van der Waals surface area contributed by atoms with Crippen molar-refractivity contribution >= 4 is 29.2 Å². The summed E-state index contributed by atoms with van der Waals surface area (Å²) in [5, 5.41) is 5.54. The van der Waals surface area contributed by atoms with E-state index in [-0.39, 0.29) is 24.4 Å². The molecule has 0 atom stereocenters. The third kappa shape index (κ3) is 5.57. The fraction of sp³-hybridized carbons (Fsp3) is 0.346. The smallest absolute Gasteiger partial charge is 0.342 e. The van der Waals surface area contributed by atoms with Gasteiger partial charge in [-0.2, -0.15) is 0 Å². The summed E-state index contributed by atoms with van der Waals surface area (Å²) < 4.78 is 16.4. The van der Waals surface area contributed by atoms with E-state index in [2.05, 4.69) is 10.6 Å². The van der Waals surface area contributed by atoms with E-state index >= 15 is 0 Å². The van der Waals surface area contributed by atoms with Gasteiger partial charge in [0.05, 0.1) is 14.2 Å². The van der Waals surface area contributed by atoms with Crippen molar-refractivity contribution in [1.29, 1.82) is 0 Å². The lowest BCUT2D eigenvalue weighted by atomic mass is 9.94. The zero-order valence-electron chi connectivity index (χ0n) is 20.2. The Morgan fingerprint density at radius 3 is 2.21 bits per heavy atom. The van der Waals surface area contributed by atoms with Crippen molar-refractivity contribution < 1.29 is 28.6 Å². The largest absolute Gasteiger partial charge is 0.496 e. The Morgan fingerprint density at radius 1 is 1.00 bits per heavy atom. The Kier molecular flexibility index (Phi) is 7.94. The minimum absolute atomic E-state index is 0.105. The van der Waals surface area contributed by atoms with Crippen LogP contribution in [-0.2, 0) is 27.4 Å². The minimum atomic E-state index is -0.388. The van der Waals surface area contributed by atoms with Crippen molar-refractivity contribution in [1.82, 2.24) is 0 Å². The minimum Gasteiger partial charge on any atom is -0.496 e. The summed E-state index contributed by atoms with van der Waals surface area (Å²) in [4.78, 5) is 35.7. The number of amides is 2. The standard InChI is InChI=1S/C26H30N2O6/c1-15(7-13-22(30)28-19-10-8-18(9-11-19)27-17(3)29)6-12-20-24(32-4)16(2)21-14-34-26(31)23(21)25(20)33-5/h6,8-11H,7,12-14H2,1-5H3,(H,27,29)(H,28,30). The lowest BCUT2D eigenvalue weighted by Crippen LogP contribution is -2.11. The molecule has 2 N–H and O–H groups in total. The molecule has 8 heteroatoms. The van der Waals surface area contributed by atoms with Crippen LogP contribution in [-0.4, -0.2) is 32.0 Å². The number of carbonyl (C=O) groups is 3. The third-order valence-electron chi connectivity index (χ3n) is 5.72. The number of benzene rings is 2. The first kappa shape index (κ1) is 24.8.